The molecule has 2 heteroatoms. The molecule has 0 radical (unpaired) electrons. The number of hydrogen-bond acceptors (Lipinski definition) is 2. The van der Waals surface area contributed by atoms with E-state index < -0.39 is 0 Å². The highest BCUT2D eigenvalue weighted by Gasteiger charge is 2.30. The second-order valence-corrected chi connectivity index (χ2v) is 6.44. The molecule has 2 rings (SSSR count). The third kappa shape index (κ3) is 3.66. The van der Waals surface area contributed by atoms with Gasteiger partial charge in [0.1, 0.15) is 5.75 Å². The minimum atomic E-state index is 0.236. The zero-order valence-electron chi connectivity index (χ0n) is 12.0. The lowest BCUT2D eigenvalue weighted by molar-refractivity contribution is 0.242. The highest BCUT2D eigenvalue weighted by atomic mass is 16.5. The Hall–Kier alpha value is -1.18. The van der Waals surface area contributed by atoms with Gasteiger partial charge < -0.3 is 10.1 Å². The molecule has 0 saturated heterocycles. The Morgan fingerprint density at radius 3 is 2.39 bits per heavy atom. The molecular weight excluding hydrogens is 222 g/mol. The van der Waals surface area contributed by atoms with Gasteiger partial charge in [-0.3, -0.25) is 0 Å². The number of benzene rings is 1. The van der Waals surface area contributed by atoms with Crippen LogP contribution in [0.2, 0.25) is 0 Å². The molecule has 1 aliphatic carbocycles. The molecule has 1 N–H and O–H groups in total. The third-order valence-electron chi connectivity index (χ3n) is 3.57. The van der Waals surface area contributed by atoms with E-state index in [1.165, 1.54) is 24.9 Å². The van der Waals surface area contributed by atoms with E-state index in [9.17, 15) is 0 Å². The first-order valence-electron chi connectivity index (χ1n) is 6.98. The molecule has 0 spiro atoms. The highest BCUT2D eigenvalue weighted by Crippen LogP contribution is 2.38. The summed E-state index contributed by atoms with van der Waals surface area (Å²) >= 11 is 0. The van der Waals surface area contributed by atoms with Crippen LogP contribution in [0.1, 0.15) is 47.0 Å². The van der Waals surface area contributed by atoms with Gasteiger partial charge in [-0.25, -0.2) is 0 Å². The molecule has 1 aromatic rings. The third-order valence-corrected chi connectivity index (χ3v) is 3.57. The summed E-state index contributed by atoms with van der Waals surface area (Å²) in [7, 11) is 0. The minimum Gasteiger partial charge on any atom is -0.491 e. The molecule has 1 saturated carbocycles. The average Bonchev–Trinajstić information content (AvgIpc) is 2.60. The molecule has 1 fully saturated rings. The first kappa shape index (κ1) is 13.3. The molecule has 1 aliphatic rings. The lowest BCUT2D eigenvalue weighted by atomic mass is 9.92. The van der Waals surface area contributed by atoms with Crippen LogP contribution in [0.25, 0.3) is 0 Å². The first-order valence-corrected chi connectivity index (χ1v) is 6.98. The van der Waals surface area contributed by atoms with Crippen molar-refractivity contribution >= 4 is 5.69 Å². The van der Waals surface area contributed by atoms with Crippen LogP contribution >= 0.6 is 0 Å². The van der Waals surface area contributed by atoms with Crippen molar-refractivity contribution in [2.45, 2.75) is 59.1 Å². The van der Waals surface area contributed by atoms with Crippen LogP contribution in [0.3, 0.4) is 0 Å². The fourth-order valence-electron chi connectivity index (χ4n) is 2.70. The zero-order chi connectivity index (χ0) is 13.2. The molecule has 0 amide bonds. The van der Waals surface area contributed by atoms with Gasteiger partial charge in [0.05, 0.1) is 6.10 Å². The van der Waals surface area contributed by atoms with Crippen LogP contribution in [0.5, 0.6) is 5.75 Å². The molecule has 1 atom stereocenters. The van der Waals surface area contributed by atoms with E-state index in [1.807, 2.05) is 26.0 Å². The Morgan fingerprint density at radius 1 is 1.22 bits per heavy atom. The summed E-state index contributed by atoms with van der Waals surface area (Å²) in [5.41, 5.74) is 1.70. The van der Waals surface area contributed by atoms with Crippen molar-refractivity contribution in [3.8, 4) is 5.75 Å². The molecular formula is C16H25NO. The summed E-state index contributed by atoms with van der Waals surface area (Å²) in [5.74, 6) is 0.947. The van der Waals surface area contributed by atoms with E-state index in [0.29, 0.717) is 11.5 Å². The number of nitrogens with one attached hydrogen (secondary N) is 1. The Bertz CT molecular complexity index is 381. The van der Waals surface area contributed by atoms with Crippen LogP contribution in [0, 0.1) is 5.41 Å². The number of anilines is 1. The molecule has 18 heavy (non-hydrogen) atoms. The molecule has 0 aliphatic heterocycles. The maximum absolute atomic E-state index is 5.64. The van der Waals surface area contributed by atoms with Gasteiger partial charge in [0.15, 0.2) is 0 Å². The number of rotatable bonds is 4. The van der Waals surface area contributed by atoms with Gasteiger partial charge in [-0.05, 0) is 62.8 Å². The van der Waals surface area contributed by atoms with Crippen molar-refractivity contribution in [2.24, 2.45) is 5.41 Å². The van der Waals surface area contributed by atoms with Crippen molar-refractivity contribution in [1.82, 2.24) is 0 Å². The van der Waals surface area contributed by atoms with Crippen molar-refractivity contribution < 1.29 is 4.74 Å². The van der Waals surface area contributed by atoms with Crippen LogP contribution in [-0.4, -0.2) is 12.1 Å². The predicted octanol–water partition coefficient (Wildman–Crippen LogP) is 4.46. The number of hydrogen-bond donors (Lipinski definition) is 1. The van der Waals surface area contributed by atoms with Gasteiger partial charge in [0.2, 0.25) is 0 Å². The Labute approximate surface area is 111 Å². The van der Waals surface area contributed by atoms with E-state index >= 15 is 0 Å². The molecule has 0 aromatic heterocycles. The SMILES string of the molecule is CC(C)Oc1ccc(NC2CCC(C)(C)C2)cc1. The molecule has 1 unspecified atom stereocenters. The lowest BCUT2D eigenvalue weighted by Gasteiger charge is -2.19. The lowest BCUT2D eigenvalue weighted by Crippen LogP contribution is -2.17. The van der Waals surface area contributed by atoms with E-state index in [1.54, 1.807) is 0 Å². The normalized spacial score (nSPS) is 22.2. The van der Waals surface area contributed by atoms with Gasteiger partial charge in [0.25, 0.3) is 0 Å². The summed E-state index contributed by atoms with van der Waals surface area (Å²) in [6.07, 6.45) is 4.09. The Morgan fingerprint density at radius 2 is 1.89 bits per heavy atom. The molecule has 1 aromatic carbocycles. The highest BCUT2D eigenvalue weighted by molar-refractivity contribution is 5.47. The maximum Gasteiger partial charge on any atom is 0.119 e. The standard InChI is InChI=1S/C16H25NO/c1-12(2)18-15-7-5-13(6-8-15)17-14-9-10-16(3,4)11-14/h5-8,12,14,17H,9-11H2,1-4H3. The molecule has 2 nitrogen and oxygen atoms in total. The van der Waals surface area contributed by atoms with Crippen LogP contribution in [0.4, 0.5) is 5.69 Å². The van der Waals surface area contributed by atoms with Crippen molar-refractivity contribution in [3.63, 3.8) is 0 Å². The Balaban J connectivity index is 1.91. The second kappa shape index (κ2) is 5.21. The maximum atomic E-state index is 5.64. The Kier molecular flexibility index (Phi) is 3.84. The summed E-state index contributed by atoms with van der Waals surface area (Å²) < 4.78 is 5.64. The fourth-order valence-corrected chi connectivity index (χ4v) is 2.70. The zero-order valence-corrected chi connectivity index (χ0v) is 12.0. The minimum absolute atomic E-state index is 0.236. The predicted molar refractivity (Wildman–Crippen MR) is 77.2 cm³/mol. The quantitative estimate of drug-likeness (QED) is 0.848. The topological polar surface area (TPSA) is 21.3 Å². The largest absolute Gasteiger partial charge is 0.491 e. The average molecular weight is 247 g/mol. The van der Waals surface area contributed by atoms with Crippen LogP contribution < -0.4 is 10.1 Å². The first-order chi connectivity index (χ1) is 8.44. The van der Waals surface area contributed by atoms with E-state index in [2.05, 4.69) is 31.3 Å². The van der Waals surface area contributed by atoms with Crippen LogP contribution in [0.15, 0.2) is 24.3 Å². The molecule has 0 heterocycles. The summed E-state index contributed by atoms with van der Waals surface area (Å²) in [6.45, 7) is 8.81. The second-order valence-electron chi connectivity index (χ2n) is 6.44. The van der Waals surface area contributed by atoms with Gasteiger partial charge in [-0.2, -0.15) is 0 Å². The summed E-state index contributed by atoms with van der Waals surface area (Å²) in [4.78, 5) is 0. The van der Waals surface area contributed by atoms with Gasteiger partial charge >= 0.3 is 0 Å². The van der Waals surface area contributed by atoms with Gasteiger partial charge in [-0.1, -0.05) is 13.8 Å². The van der Waals surface area contributed by atoms with Crippen molar-refractivity contribution in [3.05, 3.63) is 24.3 Å². The van der Waals surface area contributed by atoms with Crippen molar-refractivity contribution in [1.29, 1.82) is 0 Å². The van der Waals surface area contributed by atoms with Gasteiger partial charge in [-0.15, -0.1) is 0 Å². The van der Waals surface area contributed by atoms with E-state index in [-0.39, 0.29) is 6.10 Å². The van der Waals surface area contributed by atoms with E-state index in [4.69, 9.17) is 4.74 Å². The summed E-state index contributed by atoms with van der Waals surface area (Å²) in [5, 5.41) is 3.62. The fraction of sp³-hybridized carbons (Fsp3) is 0.625. The van der Waals surface area contributed by atoms with Gasteiger partial charge in [0, 0.05) is 11.7 Å². The smallest absolute Gasteiger partial charge is 0.119 e. The van der Waals surface area contributed by atoms with Crippen LogP contribution in [-0.2, 0) is 0 Å². The summed E-state index contributed by atoms with van der Waals surface area (Å²) in [6, 6.07) is 8.94. The molecule has 100 valence electrons. The van der Waals surface area contributed by atoms with E-state index in [0.717, 1.165) is 5.75 Å². The monoisotopic (exact) mass is 247 g/mol. The molecule has 0 bridgehead atoms. The number of ether oxygens (including phenoxy) is 1. The van der Waals surface area contributed by atoms with Crippen molar-refractivity contribution in [2.75, 3.05) is 5.32 Å².